The fraction of sp³-hybridized carbons (Fsp3) is 0.370. The van der Waals surface area contributed by atoms with Gasteiger partial charge >= 0.3 is 0 Å². The van der Waals surface area contributed by atoms with E-state index in [1.807, 2.05) is 62.5 Å². The molecule has 1 fully saturated rings. The molecule has 2 aromatic heterocycles. The van der Waals surface area contributed by atoms with Crippen molar-refractivity contribution in [2.24, 2.45) is 0 Å². The summed E-state index contributed by atoms with van der Waals surface area (Å²) >= 11 is 0. The molecule has 1 aliphatic carbocycles. The summed E-state index contributed by atoms with van der Waals surface area (Å²) in [6.45, 7) is 8.01. The highest BCUT2D eigenvalue weighted by Crippen LogP contribution is 2.24. The van der Waals surface area contributed by atoms with E-state index in [4.69, 9.17) is 0 Å². The van der Waals surface area contributed by atoms with Crippen LogP contribution in [0.5, 0.6) is 0 Å². The first-order valence-corrected chi connectivity index (χ1v) is 11.5. The molecule has 1 amide bonds. The van der Waals surface area contributed by atoms with Crippen LogP contribution >= 0.6 is 0 Å². The van der Waals surface area contributed by atoms with E-state index in [-0.39, 0.29) is 11.9 Å². The van der Waals surface area contributed by atoms with Crippen LogP contribution in [0, 0.1) is 13.8 Å². The van der Waals surface area contributed by atoms with Crippen LogP contribution in [0.25, 0.3) is 5.57 Å². The van der Waals surface area contributed by atoms with Crippen molar-refractivity contribution in [2.45, 2.75) is 58.1 Å². The Morgan fingerprint density at radius 3 is 2.76 bits per heavy atom. The monoisotopic (exact) mass is 444 g/mol. The van der Waals surface area contributed by atoms with Crippen LogP contribution in [0.15, 0.2) is 55.0 Å². The van der Waals surface area contributed by atoms with Gasteiger partial charge in [-0.3, -0.25) is 9.78 Å². The summed E-state index contributed by atoms with van der Waals surface area (Å²) in [5, 5.41) is 13.2. The highest BCUT2D eigenvalue weighted by molar-refractivity contribution is 5.93. The highest BCUT2D eigenvalue weighted by atomic mass is 16.3. The lowest BCUT2D eigenvalue weighted by Crippen LogP contribution is -2.45. The third-order valence-electron chi connectivity index (χ3n) is 6.67. The minimum Gasteiger partial charge on any atom is -0.391 e. The number of aromatic nitrogens is 2. The third-order valence-corrected chi connectivity index (χ3v) is 6.67. The van der Waals surface area contributed by atoms with Gasteiger partial charge in [0.25, 0.3) is 5.91 Å². The number of aliphatic hydroxyl groups is 1. The molecule has 4 rings (SSSR count). The Kier molecular flexibility index (Phi) is 6.75. The van der Waals surface area contributed by atoms with Gasteiger partial charge < -0.3 is 15.3 Å². The van der Waals surface area contributed by atoms with Crippen molar-refractivity contribution in [3.8, 4) is 0 Å². The second-order valence-corrected chi connectivity index (χ2v) is 9.05. The van der Waals surface area contributed by atoms with E-state index >= 15 is 0 Å². The van der Waals surface area contributed by atoms with E-state index in [9.17, 15) is 9.90 Å². The van der Waals surface area contributed by atoms with Crippen LogP contribution in [0.2, 0.25) is 0 Å². The molecule has 0 bridgehead atoms. The molecule has 0 spiro atoms. The van der Waals surface area contributed by atoms with Crippen LogP contribution in [0.1, 0.15) is 64.2 Å². The van der Waals surface area contributed by atoms with Gasteiger partial charge in [0, 0.05) is 36.4 Å². The van der Waals surface area contributed by atoms with Gasteiger partial charge in [0.05, 0.1) is 17.8 Å². The predicted octanol–water partition coefficient (Wildman–Crippen LogP) is 4.07. The lowest BCUT2D eigenvalue weighted by Gasteiger charge is -2.28. The van der Waals surface area contributed by atoms with Crippen molar-refractivity contribution in [3.05, 3.63) is 88.8 Å². The maximum Gasteiger partial charge on any atom is 0.270 e. The molecule has 2 atom stereocenters. The number of likely N-dealkylation sites (N-methyl/N-ethyl adjacent to an activating group) is 1. The fourth-order valence-electron chi connectivity index (χ4n) is 4.32. The summed E-state index contributed by atoms with van der Waals surface area (Å²) in [6.07, 6.45) is 11.7. The van der Waals surface area contributed by atoms with Crippen LogP contribution < -0.4 is 5.32 Å². The van der Waals surface area contributed by atoms with E-state index < -0.39 is 6.10 Å². The summed E-state index contributed by atoms with van der Waals surface area (Å²) in [4.78, 5) is 24.0. The van der Waals surface area contributed by atoms with Crippen LogP contribution in [0.4, 0.5) is 0 Å². The van der Waals surface area contributed by atoms with Crippen molar-refractivity contribution in [1.82, 2.24) is 20.2 Å². The first-order chi connectivity index (χ1) is 15.8. The van der Waals surface area contributed by atoms with E-state index in [1.165, 1.54) is 0 Å². The van der Waals surface area contributed by atoms with Crippen molar-refractivity contribution in [2.75, 3.05) is 7.05 Å². The number of hydrogen-bond donors (Lipinski definition) is 2. The molecule has 2 aliphatic rings. The largest absolute Gasteiger partial charge is 0.391 e. The highest BCUT2D eigenvalue weighted by Gasteiger charge is 2.25. The summed E-state index contributed by atoms with van der Waals surface area (Å²) in [7, 11) is 1.97. The van der Waals surface area contributed by atoms with E-state index in [0.29, 0.717) is 12.1 Å². The number of carbonyl (C=O) groups excluding carboxylic acids is 1. The second-order valence-electron chi connectivity index (χ2n) is 9.05. The molecule has 1 saturated carbocycles. The number of aryl methyl sites for hydroxylation is 1. The number of allylic oxidation sites excluding steroid dienone is 3. The summed E-state index contributed by atoms with van der Waals surface area (Å²) in [6, 6.07) is 5.76. The zero-order chi connectivity index (χ0) is 23.5. The lowest BCUT2D eigenvalue weighted by molar-refractivity contribution is 0.0713. The van der Waals surface area contributed by atoms with E-state index in [0.717, 1.165) is 65.0 Å². The van der Waals surface area contributed by atoms with Gasteiger partial charge in [0.2, 0.25) is 0 Å². The second kappa shape index (κ2) is 9.71. The molecule has 33 heavy (non-hydrogen) atoms. The standard InChI is InChI=1S/C27H32N4O2/c1-17-13-21(11-12-31(17)4)23-10-9-20(16-28-23)14-22-15-25(29-19(3)18(22)2)27(33)30-24-7-5-6-8-26(24)32/h9-13,15-16,24,26,32H,1,5-8,14H2,2-4H3,(H,30,33)/t24-,26-/m0/s1. The average Bonchev–Trinajstić information content (AvgIpc) is 2.80. The minimum atomic E-state index is -0.481. The molecular weight excluding hydrogens is 412 g/mol. The quantitative estimate of drug-likeness (QED) is 0.727. The minimum absolute atomic E-state index is 0.200. The number of pyridine rings is 2. The number of amides is 1. The average molecular weight is 445 g/mol. The number of aliphatic hydroxyl groups excluding tert-OH is 1. The van der Waals surface area contributed by atoms with Gasteiger partial charge in [-0.1, -0.05) is 25.5 Å². The topological polar surface area (TPSA) is 78.3 Å². The van der Waals surface area contributed by atoms with Crippen molar-refractivity contribution < 1.29 is 9.90 Å². The van der Waals surface area contributed by atoms with Gasteiger partial charge in [-0.25, -0.2) is 4.98 Å². The molecule has 172 valence electrons. The molecule has 0 unspecified atom stereocenters. The fourth-order valence-corrected chi connectivity index (χ4v) is 4.32. The van der Waals surface area contributed by atoms with Crippen molar-refractivity contribution >= 4 is 11.5 Å². The Morgan fingerprint density at radius 2 is 2.06 bits per heavy atom. The molecule has 0 aromatic carbocycles. The van der Waals surface area contributed by atoms with Crippen LogP contribution in [0.3, 0.4) is 0 Å². The molecule has 0 radical (unpaired) electrons. The number of nitrogens with zero attached hydrogens (tertiary/aromatic N) is 3. The van der Waals surface area contributed by atoms with Gasteiger partial charge in [-0.05, 0) is 74.1 Å². The molecule has 6 heteroatoms. The smallest absolute Gasteiger partial charge is 0.270 e. The Balaban J connectivity index is 1.50. The maximum absolute atomic E-state index is 12.9. The first-order valence-electron chi connectivity index (χ1n) is 11.5. The van der Waals surface area contributed by atoms with E-state index in [2.05, 4.69) is 27.9 Å². The molecule has 1 aliphatic heterocycles. The number of hydrogen-bond acceptors (Lipinski definition) is 5. The SMILES string of the molecule is C=C1C=C(c2ccc(Cc3cc(C(=O)N[C@H]4CCCC[C@@H]4O)nc(C)c3C)cn2)C=CN1C. The maximum atomic E-state index is 12.9. The van der Waals surface area contributed by atoms with Crippen molar-refractivity contribution in [1.29, 1.82) is 0 Å². The Labute approximate surface area is 195 Å². The first kappa shape index (κ1) is 22.9. The van der Waals surface area contributed by atoms with Gasteiger partial charge in [-0.2, -0.15) is 0 Å². The molecule has 3 heterocycles. The third kappa shape index (κ3) is 5.22. The van der Waals surface area contributed by atoms with Gasteiger partial charge in [0.15, 0.2) is 0 Å². The Hall–Kier alpha value is -3.25. The normalized spacial score (nSPS) is 20.5. The van der Waals surface area contributed by atoms with Crippen LogP contribution in [-0.4, -0.2) is 45.1 Å². The summed E-state index contributed by atoms with van der Waals surface area (Å²) < 4.78 is 0. The van der Waals surface area contributed by atoms with E-state index in [1.54, 1.807) is 0 Å². The number of carbonyl (C=O) groups is 1. The predicted molar refractivity (Wildman–Crippen MR) is 131 cm³/mol. The number of nitrogens with one attached hydrogen (secondary N) is 1. The zero-order valence-corrected chi connectivity index (χ0v) is 19.6. The Bertz CT molecular complexity index is 1120. The lowest BCUT2D eigenvalue weighted by atomic mass is 9.92. The molecular formula is C27H32N4O2. The number of rotatable bonds is 5. The summed E-state index contributed by atoms with van der Waals surface area (Å²) in [5.41, 5.74) is 7.29. The Morgan fingerprint density at radius 1 is 1.27 bits per heavy atom. The zero-order valence-electron chi connectivity index (χ0n) is 19.6. The molecule has 0 saturated heterocycles. The molecule has 2 N–H and O–H groups in total. The molecule has 2 aromatic rings. The summed E-state index contributed by atoms with van der Waals surface area (Å²) in [5.74, 6) is -0.222. The van der Waals surface area contributed by atoms with Gasteiger partial charge in [-0.15, -0.1) is 0 Å². The van der Waals surface area contributed by atoms with Crippen molar-refractivity contribution in [3.63, 3.8) is 0 Å². The molecule has 6 nitrogen and oxygen atoms in total. The van der Waals surface area contributed by atoms with Crippen LogP contribution in [-0.2, 0) is 6.42 Å². The van der Waals surface area contributed by atoms with Gasteiger partial charge in [0.1, 0.15) is 5.69 Å².